The van der Waals surface area contributed by atoms with Gasteiger partial charge in [0, 0.05) is 43.3 Å². The van der Waals surface area contributed by atoms with Gasteiger partial charge >= 0.3 is 0 Å². The first-order valence-electron chi connectivity index (χ1n) is 12.5. The van der Waals surface area contributed by atoms with Crippen LogP contribution in [-0.2, 0) is 11.3 Å². The molecule has 37 heavy (non-hydrogen) atoms. The Morgan fingerprint density at radius 3 is 2.32 bits per heavy atom. The van der Waals surface area contributed by atoms with E-state index in [4.69, 9.17) is 9.47 Å². The Labute approximate surface area is 217 Å². The summed E-state index contributed by atoms with van der Waals surface area (Å²) in [7, 11) is 1.54. The number of amides is 1. The number of ketones is 1. The van der Waals surface area contributed by atoms with E-state index in [1.807, 2.05) is 30.9 Å². The average Bonchev–Trinajstić information content (AvgIpc) is 2.90. The Bertz CT molecular complexity index is 1240. The molecule has 0 N–H and O–H groups in total. The van der Waals surface area contributed by atoms with Crippen LogP contribution in [-0.4, -0.2) is 60.4 Å². The van der Waals surface area contributed by atoms with Crippen molar-refractivity contribution in [2.45, 2.75) is 39.4 Å². The number of nitrogens with zero attached hydrogens (tertiary/aromatic N) is 2. The van der Waals surface area contributed by atoms with Crippen molar-refractivity contribution in [3.8, 4) is 11.5 Å². The summed E-state index contributed by atoms with van der Waals surface area (Å²) in [5, 5.41) is 0. The van der Waals surface area contributed by atoms with Crippen LogP contribution in [0.1, 0.15) is 40.9 Å². The maximum absolute atomic E-state index is 13.3. The number of carbonyl (C=O) groups is 2. The van der Waals surface area contributed by atoms with E-state index in [2.05, 4.69) is 11.8 Å². The number of halogens is 1. The summed E-state index contributed by atoms with van der Waals surface area (Å²) in [6.45, 7) is 7.82. The normalized spacial score (nSPS) is 17.9. The molecule has 194 valence electrons. The van der Waals surface area contributed by atoms with Crippen molar-refractivity contribution in [3.63, 3.8) is 0 Å². The van der Waals surface area contributed by atoms with Crippen LogP contribution in [0.4, 0.5) is 4.39 Å². The molecule has 1 aliphatic heterocycles. The Morgan fingerprint density at radius 1 is 0.946 bits per heavy atom. The highest BCUT2D eigenvalue weighted by molar-refractivity contribution is 6.10. The van der Waals surface area contributed by atoms with Crippen molar-refractivity contribution in [1.29, 1.82) is 0 Å². The van der Waals surface area contributed by atoms with Crippen LogP contribution in [0, 0.1) is 12.7 Å². The van der Waals surface area contributed by atoms with Crippen molar-refractivity contribution >= 4 is 11.7 Å². The summed E-state index contributed by atoms with van der Waals surface area (Å²) in [4.78, 5) is 30.5. The van der Waals surface area contributed by atoms with Crippen molar-refractivity contribution in [2.24, 2.45) is 0 Å². The second-order valence-electron chi connectivity index (χ2n) is 9.65. The topological polar surface area (TPSA) is 59.1 Å². The number of benzene rings is 3. The van der Waals surface area contributed by atoms with Gasteiger partial charge in [0.05, 0.1) is 12.7 Å². The fourth-order valence-corrected chi connectivity index (χ4v) is 4.61. The van der Waals surface area contributed by atoms with Gasteiger partial charge in [-0.2, -0.15) is 0 Å². The lowest BCUT2D eigenvalue weighted by atomic mass is 10.0. The minimum Gasteiger partial charge on any atom is -0.497 e. The van der Waals surface area contributed by atoms with Crippen molar-refractivity contribution in [2.75, 3.05) is 26.8 Å². The predicted molar refractivity (Wildman–Crippen MR) is 141 cm³/mol. The Balaban J connectivity index is 1.43. The Morgan fingerprint density at radius 2 is 1.65 bits per heavy atom. The van der Waals surface area contributed by atoms with E-state index < -0.39 is 0 Å². The van der Waals surface area contributed by atoms with Crippen molar-refractivity contribution in [1.82, 2.24) is 9.80 Å². The number of hydrogen-bond acceptors (Lipinski definition) is 5. The fraction of sp³-hybridized carbons (Fsp3) is 0.333. The van der Waals surface area contributed by atoms with Gasteiger partial charge in [0.2, 0.25) is 0 Å². The van der Waals surface area contributed by atoms with Gasteiger partial charge in [0.1, 0.15) is 17.3 Å². The third kappa shape index (κ3) is 6.35. The molecule has 1 amide bonds. The molecule has 1 heterocycles. The molecule has 0 aliphatic carbocycles. The molecule has 2 atom stereocenters. The van der Waals surface area contributed by atoms with Crippen LogP contribution in [0.2, 0.25) is 0 Å². The summed E-state index contributed by atoms with van der Waals surface area (Å²) >= 11 is 0. The molecule has 3 aromatic carbocycles. The lowest BCUT2D eigenvalue weighted by Crippen LogP contribution is -2.58. The fourth-order valence-electron chi connectivity index (χ4n) is 4.61. The molecule has 0 aromatic heterocycles. The van der Waals surface area contributed by atoms with Gasteiger partial charge in [-0.15, -0.1) is 0 Å². The quantitative estimate of drug-likeness (QED) is 0.410. The molecule has 0 spiro atoms. The van der Waals surface area contributed by atoms with Gasteiger partial charge in [-0.05, 0) is 50.6 Å². The number of rotatable bonds is 8. The minimum atomic E-state index is -0.250. The lowest BCUT2D eigenvalue weighted by Gasteiger charge is -2.44. The smallest absolute Gasteiger partial charge is 0.260 e. The molecule has 6 nitrogen and oxygen atoms in total. The first-order valence-corrected chi connectivity index (χ1v) is 12.5. The summed E-state index contributed by atoms with van der Waals surface area (Å²) in [6, 6.07) is 19.0. The highest BCUT2D eigenvalue weighted by Gasteiger charge is 2.32. The van der Waals surface area contributed by atoms with Crippen molar-refractivity contribution in [3.05, 3.63) is 94.8 Å². The lowest BCUT2D eigenvalue weighted by molar-refractivity contribution is -0.139. The highest BCUT2D eigenvalue weighted by Crippen LogP contribution is 2.28. The van der Waals surface area contributed by atoms with Gasteiger partial charge in [0.15, 0.2) is 12.4 Å². The molecule has 3 aromatic rings. The summed E-state index contributed by atoms with van der Waals surface area (Å²) in [5.41, 5.74) is 3.02. The molecule has 2 unspecified atom stereocenters. The molecule has 1 saturated heterocycles. The van der Waals surface area contributed by atoms with E-state index in [0.29, 0.717) is 42.3 Å². The van der Waals surface area contributed by atoms with Crippen LogP contribution in [0.3, 0.4) is 0 Å². The summed E-state index contributed by atoms with van der Waals surface area (Å²) < 4.78 is 24.5. The second-order valence-corrected chi connectivity index (χ2v) is 9.65. The maximum atomic E-state index is 13.3. The van der Waals surface area contributed by atoms with Crippen LogP contribution in [0.15, 0.2) is 66.7 Å². The maximum Gasteiger partial charge on any atom is 0.260 e. The number of methoxy groups -OCH3 is 1. The zero-order chi connectivity index (χ0) is 26.5. The zero-order valence-electron chi connectivity index (χ0n) is 21.7. The molecule has 0 bridgehead atoms. The van der Waals surface area contributed by atoms with E-state index in [-0.39, 0.29) is 36.2 Å². The third-order valence-electron chi connectivity index (χ3n) is 6.83. The first kappa shape index (κ1) is 26.4. The Kier molecular flexibility index (Phi) is 8.24. The summed E-state index contributed by atoms with van der Waals surface area (Å²) in [5.74, 6) is 0.285. The van der Waals surface area contributed by atoms with Gasteiger partial charge in [-0.1, -0.05) is 42.0 Å². The van der Waals surface area contributed by atoms with E-state index in [1.54, 1.807) is 49.6 Å². The predicted octanol–water partition coefficient (Wildman–Crippen LogP) is 4.87. The van der Waals surface area contributed by atoms with Crippen molar-refractivity contribution < 1.29 is 23.5 Å². The molecule has 4 rings (SSSR count). The minimum absolute atomic E-state index is 0.0216. The van der Waals surface area contributed by atoms with Gasteiger partial charge in [0.25, 0.3) is 5.91 Å². The van der Waals surface area contributed by atoms with E-state index >= 15 is 0 Å². The number of carbonyl (C=O) groups excluding carboxylic acids is 2. The van der Waals surface area contributed by atoms with Crippen LogP contribution < -0.4 is 9.47 Å². The average molecular weight is 505 g/mol. The molecular weight excluding hydrogens is 471 g/mol. The number of aryl methyl sites for hydroxylation is 1. The molecule has 7 heteroatoms. The molecular formula is C30H33FN2O4. The van der Waals surface area contributed by atoms with E-state index in [9.17, 15) is 14.0 Å². The summed E-state index contributed by atoms with van der Waals surface area (Å²) in [6.07, 6.45) is 0. The van der Waals surface area contributed by atoms with Gasteiger partial charge in [-0.3, -0.25) is 14.5 Å². The van der Waals surface area contributed by atoms with Gasteiger partial charge in [-0.25, -0.2) is 4.39 Å². The third-order valence-corrected chi connectivity index (χ3v) is 6.83. The Hall–Kier alpha value is -3.71. The number of ether oxygens (including phenoxy) is 2. The van der Waals surface area contributed by atoms with Crippen LogP contribution in [0.25, 0.3) is 0 Å². The molecule has 1 aliphatic rings. The molecule has 0 radical (unpaired) electrons. The SMILES string of the molecule is COc1ccc(C(=O)c2ccc(C)cc2)c(OCC(=O)N2CC(C)N(Cc3ccc(F)cc3)CC2C)c1. The highest BCUT2D eigenvalue weighted by atomic mass is 19.1. The monoisotopic (exact) mass is 504 g/mol. The zero-order valence-corrected chi connectivity index (χ0v) is 21.7. The number of piperazine rings is 1. The largest absolute Gasteiger partial charge is 0.497 e. The van der Waals surface area contributed by atoms with Crippen LogP contribution in [0.5, 0.6) is 11.5 Å². The van der Waals surface area contributed by atoms with Gasteiger partial charge < -0.3 is 14.4 Å². The standard InChI is InChI=1S/C30H33FN2O4/c1-20-5-9-24(10-6-20)30(35)27-14-13-26(36-4)15-28(27)37-19-29(34)33-17-21(2)32(16-22(33)3)18-23-7-11-25(31)12-8-23/h5-15,21-22H,16-19H2,1-4H3. The van der Waals surface area contributed by atoms with E-state index in [1.165, 1.54) is 12.1 Å². The molecule has 1 fully saturated rings. The second kappa shape index (κ2) is 11.6. The number of hydrogen-bond donors (Lipinski definition) is 0. The van der Waals surface area contributed by atoms with Crippen LogP contribution >= 0.6 is 0 Å². The molecule has 0 saturated carbocycles. The first-order chi connectivity index (χ1) is 17.7. The van der Waals surface area contributed by atoms with E-state index in [0.717, 1.165) is 11.1 Å².